The van der Waals surface area contributed by atoms with Crippen molar-refractivity contribution in [3.05, 3.63) is 59.7 Å². The molecule has 0 aliphatic carbocycles. The molecule has 0 aromatic heterocycles. The van der Waals surface area contributed by atoms with E-state index in [0.29, 0.717) is 13.1 Å². The number of piperazine rings is 1. The average Bonchev–Trinajstić information content (AvgIpc) is 2.69. The summed E-state index contributed by atoms with van der Waals surface area (Å²) in [6.45, 7) is 3.59. The van der Waals surface area contributed by atoms with Gasteiger partial charge in [0, 0.05) is 44.5 Å². The lowest BCUT2D eigenvalue weighted by molar-refractivity contribution is 0.148. The number of hydrogen-bond donors (Lipinski definition) is 1. The lowest BCUT2D eigenvalue weighted by Gasteiger charge is -2.34. The molecule has 2 amide bonds. The molecule has 0 atom stereocenters. The van der Waals surface area contributed by atoms with Crippen LogP contribution in [0, 0.1) is 11.6 Å². The zero-order chi connectivity index (χ0) is 19.2. The molecule has 0 spiro atoms. The van der Waals surface area contributed by atoms with E-state index in [-0.39, 0.29) is 11.7 Å². The van der Waals surface area contributed by atoms with Gasteiger partial charge in [-0.1, -0.05) is 18.2 Å². The van der Waals surface area contributed by atoms with Crippen LogP contribution in [-0.4, -0.2) is 55.7 Å². The SMILES string of the molecule is COc1ccccc1CCN1CCN(C(=O)Nc2ccc(F)c(F)c2)CC1. The average molecular weight is 375 g/mol. The summed E-state index contributed by atoms with van der Waals surface area (Å²) in [6.07, 6.45) is 0.880. The summed E-state index contributed by atoms with van der Waals surface area (Å²) in [5, 5.41) is 2.61. The highest BCUT2D eigenvalue weighted by Crippen LogP contribution is 2.18. The number of amides is 2. The van der Waals surface area contributed by atoms with Gasteiger partial charge < -0.3 is 15.0 Å². The minimum Gasteiger partial charge on any atom is -0.496 e. The molecule has 1 saturated heterocycles. The third-order valence-electron chi connectivity index (χ3n) is 4.72. The highest BCUT2D eigenvalue weighted by Gasteiger charge is 2.21. The Bertz CT molecular complexity index is 793. The number of benzene rings is 2. The molecule has 0 unspecified atom stereocenters. The Morgan fingerprint density at radius 3 is 2.52 bits per heavy atom. The van der Waals surface area contributed by atoms with Crippen molar-refractivity contribution >= 4 is 11.7 Å². The molecule has 5 nitrogen and oxygen atoms in total. The number of anilines is 1. The smallest absolute Gasteiger partial charge is 0.321 e. The minimum atomic E-state index is -0.978. The van der Waals surface area contributed by atoms with E-state index in [0.717, 1.165) is 43.9 Å². The number of carbonyl (C=O) groups excluding carboxylic acids is 1. The van der Waals surface area contributed by atoms with Crippen LogP contribution in [0.25, 0.3) is 0 Å². The first-order valence-corrected chi connectivity index (χ1v) is 8.92. The van der Waals surface area contributed by atoms with Gasteiger partial charge >= 0.3 is 6.03 Å². The number of nitrogens with zero attached hydrogens (tertiary/aromatic N) is 2. The molecule has 0 saturated carbocycles. The first kappa shape index (κ1) is 19.1. The molecule has 1 fully saturated rings. The summed E-state index contributed by atoms with van der Waals surface area (Å²) >= 11 is 0. The number of hydrogen-bond acceptors (Lipinski definition) is 3. The lowest BCUT2D eigenvalue weighted by Crippen LogP contribution is -2.50. The van der Waals surface area contributed by atoms with Gasteiger partial charge in [0.25, 0.3) is 0 Å². The molecule has 144 valence electrons. The van der Waals surface area contributed by atoms with E-state index in [1.54, 1.807) is 12.0 Å². The van der Waals surface area contributed by atoms with Crippen LogP contribution in [0.3, 0.4) is 0 Å². The topological polar surface area (TPSA) is 44.8 Å². The molecule has 27 heavy (non-hydrogen) atoms. The van der Waals surface area contributed by atoms with Crippen molar-refractivity contribution in [2.45, 2.75) is 6.42 Å². The zero-order valence-corrected chi connectivity index (χ0v) is 15.3. The van der Waals surface area contributed by atoms with E-state index in [2.05, 4.69) is 16.3 Å². The van der Waals surface area contributed by atoms with Crippen LogP contribution in [-0.2, 0) is 6.42 Å². The second kappa shape index (κ2) is 8.81. The van der Waals surface area contributed by atoms with Crippen LogP contribution in [0.1, 0.15) is 5.56 Å². The number of rotatable bonds is 5. The van der Waals surface area contributed by atoms with Crippen LogP contribution in [0.2, 0.25) is 0 Å². The van der Waals surface area contributed by atoms with Crippen molar-refractivity contribution in [2.75, 3.05) is 45.2 Å². The van der Waals surface area contributed by atoms with Gasteiger partial charge in [-0.05, 0) is 30.2 Å². The van der Waals surface area contributed by atoms with Crippen molar-refractivity contribution in [3.63, 3.8) is 0 Å². The highest BCUT2D eigenvalue weighted by atomic mass is 19.2. The summed E-state index contributed by atoms with van der Waals surface area (Å²) in [5.41, 5.74) is 1.41. The second-order valence-corrected chi connectivity index (χ2v) is 6.45. The van der Waals surface area contributed by atoms with Crippen LogP contribution in [0.4, 0.5) is 19.3 Å². The fourth-order valence-corrected chi connectivity index (χ4v) is 3.14. The Morgan fingerprint density at radius 1 is 1.07 bits per heavy atom. The summed E-state index contributed by atoms with van der Waals surface area (Å²) in [4.78, 5) is 16.3. The van der Waals surface area contributed by atoms with Crippen LogP contribution in [0.5, 0.6) is 5.75 Å². The van der Waals surface area contributed by atoms with Gasteiger partial charge in [0.2, 0.25) is 0 Å². The first-order valence-electron chi connectivity index (χ1n) is 8.92. The predicted octanol–water partition coefficient (Wildman–Crippen LogP) is 3.37. The number of carbonyl (C=O) groups is 1. The third-order valence-corrected chi connectivity index (χ3v) is 4.72. The Morgan fingerprint density at radius 2 is 1.81 bits per heavy atom. The number of methoxy groups -OCH3 is 1. The normalized spacial score (nSPS) is 14.9. The van der Waals surface area contributed by atoms with Gasteiger partial charge in [-0.25, -0.2) is 13.6 Å². The Balaban J connectivity index is 1.46. The lowest BCUT2D eigenvalue weighted by atomic mass is 10.1. The van der Waals surface area contributed by atoms with Gasteiger partial charge in [-0.15, -0.1) is 0 Å². The summed E-state index contributed by atoms with van der Waals surface area (Å²) in [7, 11) is 1.67. The van der Waals surface area contributed by atoms with E-state index in [1.807, 2.05) is 18.2 Å². The molecule has 1 aliphatic rings. The Labute approximate surface area is 157 Å². The number of nitrogens with one attached hydrogen (secondary N) is 1. The van der Waals surface area contributed by atoms with E-state index < -0.39 is 11.6 Å². The predicted molar refractivity (Wildman–Crippen MR) is 100 cm³/mol. The summed E-state index contributed by atoms with van der Waals surface area (Å²) in [5.74, 6) is -1.02. The second-order valence-electron chi connectivity index (χ2n) is 6.45. The van der Waals surface area contributed by atoms with Gasteiger partial charge in [0.05, 0.1) is 7.11 Å². The number of urea groups is 1. The largest absolute Gasteiger partial charge is 0.496 e. The summed E-state index contributed by atoms with van der Waals surface area (Å²) < 4.78 is 31.6. The van der Waals surface area contributed by atoms with Gasteiger partial charge in [0.15, 0.2) is 11.6 Å². The molecule has 0 radical (unpaired) electrons. The minimum absolute atomic E-state index is 0.248. The maximum Gasteiger partial charge on any atom is 0.321 e. The molecule has 7 heteroatoms. The van der Waals surface area contributed by atoms with Gasteiger partial charge in [-0.2, -0.15) is 0 Å². The maximum absolute atomic E-state index is 13.2. The van der Waals surface area contributed by atoms with E-state index in [1.165, 1.54) is 11.6 Å². The molecule has 1 N–H and O–H groups in total. The van der Waals surface area contributed by atoms with Crippen molar-refractivity contribution in [1.29, 1.82) is 0 Å². The Hall–Kier alpha value is -2.67. The molecular weight excluding hydrogens is 352 g/mol. The van der Waals surface area contributed by atoms with E-state index in [4.69, 9.17) is 4.74 Å². The van der Waals surface area contributed by atoms with Crippen molar-refractivity contribution in [2.24, 2.45) is 0 Å². The fraction of sp³-hybridized carbons (Fsp3) is 0.350. The van der Waals surface area contributed by atoms with Crippen molar-refractivity contribution in [1.82, 2.24) is 9.80 Å². The fourth-order valence-electron chi connectivity index (χ4n) is 3.14. The maximum atomic E-state index is 13.2. The highest BCUT2D eigenvalue weighted by molar-refractivity contribution is 5.89. The van der Waals surface area contributed by atoms with Crippen molar-refractivity contribution < 1.29 is 18.3 Å². The van der Waals surface area contributed by atoms with E-state index >= 15 is 0 Å². The molecule has 1 heterocycles. The molecule has 0 bridgehead atoms. The standard InChI is InChI=1S/C20H23F2N3O2/c1-27-19-5-3-2-4-15(19)8-9-24-10-12-25(13-11-24)20(26)23-16-6-7-17(21)18(22)14-16/h2-7,14H,8-13H2,1H3,(H,23,26). The third kappa shape index (κ3) is 4.95. The first-order chi connectivity index (χ1) is 13.1. The van der Waals surface area contributed by atoms with Gasteiger partial charge in [0.1, 0.15) is 5.75 Å². The monoisotopic (exact) mass is 375 g/mol. The van der Waals surface area contributed by atoms with Gasteiger partial charge in [-0.3, -0.25) is 4.90 Å². The van der Waals surface area contributed by atoms with Crippen LogP contribution >= 0.6 is 0 Å². The number of ether oxygens (including phenoxy) is 1. The quantitative estimate of drug-likeness (QED) is 0.872. The van der Waals surface area contributed by atoms with Crippen molar-refractivity contribution in [3.8, 4) is 5.75 Å². The van der Waals surface area contributed by atoms with Crippen LogP contribution < -0.4 is 10.1 Å². The molecular formula is C20H23F2N3O2. The van der Waals surface area contributed by atoms with E-state index in [9.17, 15) is 13.6 Å². The Kier molecular flexibility index (Phi) is 6.24. The molecule has 2 aromatic carbocycles. The van der Waals surface area contributed by atoms with Crippen LogP contribution in [0.15, 0.2) is 42.5 Å². The molecule has 1 aliphatic heterocycles. The molecule has 2 aromatic rings. The summed E-state index contributed by atoms with van der Waals surface area (Å²) in [6, 6.07) is 11.0. The number of halogens is 2. The zero-order valence-electron chi connectivity index (χ0n) is 15.3. The number of para-hydroxylation sites is 1. The molecule has 3 rings (SSSR count).